The highest BCUT2D eigenvalue weighted by Crippen LogP contribution is 2.33. The van der Waals surface area contributed by atoms with Crippen molar-refractivity contribution in [3.63, 3.8) is 0 Å². The second kappa shape index (κ2) is 6.83. The number of Topliss-reactive ketones (excluding diaryl/α,β-unsaturated/α-hetero) is 1. The number of amides is 1. The number of ketones is 1. The molecule has 1 amide bonds. The van der Waals surface area contributed by atoms with Gasteiger partial charge >= 0.3 is 5.69 Å². The van der Waals surface area contributed by atoms with Gasteiger partial charge in [0.05, 0.1) is 6.04 Å². The molecule has 1 atom stereocenters. The van der Waals surface area contributed by atoms with E-state index >= 15 is 0 Å². The third-order valence-electron chi connectivity index (χ3n) is 3.98. The number of hydrogen-bond acceptors (Lipinski definition) is 5. The molecule has 0 radical (unpaired) electrons. The van der Waals surface area contributed by atoms with E-state index in [1.807, 2.05) is 0 Å². The Balaban J connectivity index is 2.32. The van der Waals surface area contributed by atoms with Gasteiger partial charge in [0.1, 0.15) is 18.2 Å². The highest BCUT2D eigenvalue weighted by atomic mass is 16.2. The lowest BCUT2D eigenvalue weighted by Gasteiger charge is -2.19. The Bertz CT molecular complexity index is 824. The second-order valence-corrected chi connectivity index (χ2v) is 6.37. The minimum atomic E-state index is -0.793. The largest absolute Gasteiger partial charge is 0.344 e. The van der Waals surface area contributed by atoms with E-state index in [2.05, 4.69) is 5.32 Å². The first-order valence-electron chi connectivity index (χ1n) is 7.82. The molecular weight excluding hydrogens is 312 g/mol. The second-order valence-electron chi connectivity index (χ2n) is 6.37. The summed E-state index contributed by atoms with van der Waals surface area (Å²) < 4.78 is 2.09. The van der Waals surface area contributed by atoms with E-state index in [1.165, 1.54) is 17.7 Å². The van der Waals surface area contributed by atoms with Crippen LogP contribution in [0.4, 0.5) is 0 Å². The van der Waals surface area contributed by atoms with Crippen LogP contribution in [0, 0.1) is 17.2 Å². The lowest BCUT2D eigenvalue weighted by Crippen LogP contribution is -2.48. The van der Waals surface area contributed by atoms with Crippen LogP contribution in [0.1, 0.15) is 45.2 Å². The summed E-state index contributed by atoms with van der Waals surface area (Å²) in [4.78, 5) is 48.3. The Hall–Kier alpha value is -2.69. The molecule has 0 spiro atoms. The minimum Gasteiger partial charge on any atom is -0.344 e. The minimum absolute atomic E-state index is 0.0276. The molecule has 1 aromatic heterocycles. The zero-order chi connectivity index (χ0) is 18.0. The molecule has 0 aromatic carbocycles. The van der Waals surface area contributed by atoms with Crippen molar-refractivity contribution < 1.29 is 9.59 Å². The van der Waals surface area contributed by atoms with Crippen LogP contribution in [0.2, 0.25) is 0 Å². The van der Waals surface area contributed by atoms with E-state index in [-0.39, 0.29) is 23.3 Å². The summed E-state index contributed by atoms with van der Waals surface area (Å²) in [7, 11) is 0. The average Bonchev–Trinajstić information content (AvgIpc) is 3.33. The van der Waals surface area contributed by atoms with Crippen LogP contribution in [0.15, 0.2) is 15.8 Å². The van der Waals surface area contributed by atoms with E-state index in [9.17, 15) is 19.2 Å². The molecule has 24 heavy (non-hydrogen) atoms. The van der Waals surface area contributed by atoms with Gasteiger partial charge in [0.25, 0.3) is 5.56 Å². The van der Waals surface area contributed by atoms with Crippen molar-refractivity contribution in [1.29, 1.82) is 5.26 Å². The molecule has 1 aliphatic rings. The Morgan fingerprint density at radius 1 is 1.38 bits per heavy atom. The first kappa shape index (κ1) is 17.7. The molecular formula is C16H20N4O4. The quantitative estimate of drug-likeness (QED) is 0.784. The monoisotopic (exact) mass is 332 g/mol. The first-order chi connectivity index (χ1) is 11.3. The van der Waals surface area contributed by atoms with Gasteiger partial charge in [0.15, 0.2) is 5.78 Å². The Kier molecular flexibility index (Phi) is 5.02. The molecule has 2 rings (SSSR count). The van der Waals surface area contributed by atoms with Crippen LogP contribution in [-0.2, 0) is 16.1 Å². The molecule has 1 saturated carbocycles. The molecule has 0 unspecified atom stereocenters. The highest BCUT2D eigenvalue weighted by molar-refractivity contribution is 5.87. The average molecular weight is 332 g/mol. The third kappa shape index (κ3) is 3.62. The number of rotatable bonds is 6. The van der Waals surface area contributed by atoms with Crippen molar-refractivity contribution in [2.75, 3.05) is 0 Å². The van der Waals surface area contributed by atoms with E-state index in [1.54, 1.807) is 19.9 Å². The number of hydrogen-bond donors (Lipinski definition) is 1. The molecule has 1 N–H and O–H groups in total. The number of nitrogens with zero attached hydrogens (tertiary/aromatic N) is 3. The van der Waals surface area contributed by atoms with Crippen LogP contribution in [0.25, 0.3) is 0 Å². The number of carbonyl (C=O) groups excluding carboxylic acids is 2. The van der Waals surface area contributed by atoms with Crippen molar-refractivity contribution in [3.05, 3.63) is 32.6 Å². The topological polar surface area (TPSA) is 114 Å². The van der Waals surface area contributed by atoms with Gasteiger partial charge in [-0.05, 0) is 25.7 Å². The zero-order valence-corrected chi connectivity index (χ0v) is 13.9. The molecule has 0 saturated heterocycles. The maximum atomic E-state index is 12.4. The predicted molar refractivity (Wildman–Crippen MR) is 85.4 cm³/mol. The third-order valence-corrected chi connectivity index (χ3v) is 3.98. The molecule has 8 nitrogen and oxygen atoms in total. The van der Waals surface area contributed by atoms with Crippen molar-refractivity contribution in [3.8, 4) is 6.07 Å². The van der Waals surface area contributed by atoms with Crippen molar-refractivity contribution >= 4 is 11.7 Å². The smallest absolute Gasteiger partial charge is 0.331 e. The van der Waals surface area contributed by atoms with Crippen molar-refractivity contribution in [1.82, 2.24) is 14.5 Å². The first-order valence-corrected chi connectivity index (χ1v) is 7.82. The molecule has 1 aromatic rings. The molecule has 1 aliphatic carbocycles. The summed E-state index contributed by atoms with van der Waals surface area (Å²) in [5.41, 5.74) is -1.58. The van der Waals surface area contributed by atoms with E-state index in [0.717, 1.165) is 17.4 Å². The maximum Gasteiger partial charge on any atom is 0.331 e. The standard InChI is InChI=1S/C16H20N4O4/c1-9(2)14(10(3)21)18-13(22)8-20-15(23)11(6-17)7-19(16(20)24)12-4-5-12/h7,9,12,14H,4-5,8H2,1-3H3,(H,18,22)/t14-/m0/s1. The Labute approximate surface area is 138 Å². The van der Waals surface area contributed by atoms with Crippen LogP contribution in [-0.4, -0.2) is 26.9 Å². The highest BCUT2D eigenvalue weighted by Gasteiger charge is 2.28. The van der Waals surface area contributed by atoms with Crippen molar-refractivity contribution in [2.24, 2.45) is 5.92 Å². The summed E-state index contributed by atoms with van der Waals surface area (Å²) >= 11 is 0. The summed E-state index contributed by atoms with van der Waals surface area (Å²) in [6, 6.07) is 1.05. The Morgan fingerprint density at radius 2 is 2.00 bits per heavy atom. The molecule has 128 valence electrons. The molecule has 1 heterocycles. The summed E-state index contributed by atoms with van der Waals surface area (Å²) in [5.74, 6) is -0.927. The Morgan fingerprint density at radius 3 is 2.46 bits per heavy atom. The normalized spacial score (nSPS) is 15.0. The predicted octanol–water partition coefficient (Wildman–Crippen LogP) is -0.0536. The van der Waals surface area contributed by atoms with Crippen LogP contribution < -0.4 is 16.6 Å². The van der Waals surface area contributed by atoms with E-state index < -0.39 is 29.7 Å². The summed E-state index contributed by atoms with van der Waals surface area (Å²) in [6.45, 7) is 4.42. The van der Waals surface area contributed by atoms with Crippen molar-refractivity contribution in [2.45, 2.75) is 52.2 Å². The lowest BCUT2D eigenvalue weighted by molar-refractivity contribution is -0.128. The fraction of sp³-hybridized carbons (Fsp3) is 0.562. The summed E-state index contributed by atoms with van der Waals surface area (Å²) in [5, 5.41) is 11.6. The molecule has 0 aliphatic heterocycles. The van der Waals surface area contributed by atoms with Gasteiger partial charge in [-0.1, -0.05) is 13.8 Å². The maximum absolute atomic E-state index is 12.4. The fourth-order valence-corrected chi connectivity index (χ4v) is 2.55. The zero-order valence-electron chi connectivity index (χ0n) is 13.9. The number of aromatic nitrogens is 2. The van der Waals surface area contributed by atoms with Gasteiger partial charge in [-0.25, -0.2) is 9.36 Å². The van der Waals surface area contributed by atoms with Gasteiger partial charge in [-0.3, -0.25) is 19.0 Å². The van der Waals surface area contributed by atoms with Crippen LogP contribution >= 0.6 is 0 Å². The number of carbonyl (C=O) groups is 2. The van der Waals surface area contributed by atoms with Gasteiger partial charge < -0.3 is 5.32 Å². The lowest BCUT2D eigenvalue weighted by atomic mass is 10.0. The van der Waals surface area contributed by atoms with Gasteiger partial charge in [0, 0.05) is 12.2 Å². The molecule has 8 heteroatoms. The van der Waals surface area contributed by atoms with Crippen LogP contribution in [0.3, 0.4) is 0 Å². The van der Waals surface area contributed by atoms with E-state index in [4.69, 9.17) is 5.26 Å². The van der Waals surface area contributed by atoms with Gasteiger partial charge in [0.2, 0.25) is 5.91 Å². The number of nitrogens with one attached hydrogen (secondary N) is 1. The summed E-state index contributed by atoms with van der Waals surface area (Å²) in [6.07, 6.45) is 2.85. The van der Waals surface area contributed by atoms with Crippen LogP contribution in [0.5, 0.6) is 0 Å². The number of nitriles is 1. The SMILES string of the molecule is CC(=O)[C@@H](NC(=O)Cn1c(=O)c(C#N)cn(C2CC2)c1=O)C(C)C. The van der Waals surface area contributed by atoms with Gasteiger partial charge in [-0.15, -0.1) is 0 Å². The van der Waals surface area contributed by atoms with E-state index in [0.29, 0.717) is 0 Å². The fourth-order valence-electron chi connectivity index (χ4n) is 2.55. The molecule has 1 fully saturated rings. The van der Waals surface area contributed by atoms with Gasteiger partial charge in [-0.2, -0.15) is 5.26 Å². The molecule has 0 bridgehead atoms.